The lowest BCUT2D eigenvalue weighted by Gasteiger charge is -2.33. The molecule has 0 aromatic heterocycles. The lowest BCUT2D eigenvalue weighted by Crippen LogP contribution is -2.47. The smallest absolute Gasteiger partial charge is 0.191 e. The SMILES string of the molecule is CCN1CCN(CCN=C(N)N2CCOCC2)CC1.I. The summed E-state index contributed by atoms with van der Waals surface area (Å²) < 4.78 is 5.31. The minimum Gasteiger partial charge on any atom is -0.378 e. The van der Waals surface area contributed by atoms with Crippen LogP contribution in [0.2, 0.25) is 0 Å². The largest absolute Gasteiger partial charge is 0.378 e. The molecule has 118 valence electrons. The molecular formula is C13H28IN5O. The van der Waals surface area contributed by atoms with Crippen molar-refractivity contribution in [3.63, 3.8) is 0 Å². The van der Waals surface area contributed by atoms with Crippen LogP contribution in [0.4, 0.5) is 0 Å². The van der Waals surface area contributed by atoms with Gasteiger partial charge in [0.05, 0.1) is 19.8 Å². The van der Waals surface area contributed by atoms with Crippen LogP contribution in [0.25, 0.3) is 0 Å². The maximum Gasteiger partial charge on any atom is 0.191 e. The Kier molecular flexibility index (Phi) is 8.74. The normalized spacial score (nSPS) is 22.6. The van der Waals surface area contributed by atoms with E-state index >= 15 is 0 Å². The Labute approximate surface area is 139 Å². The zero-order valence-electron chi connectivity index (χ0n) is 12.5. The predicted octanol–water partition coefficient (Wildman–Crippen LogP) is -0.111. The molecule has 2 rings (SSSR count). The number of piperazine rings is 1. The van der Waals surface area contributed by atoms with Gasteiger partial charge in [0.15, 0.2) is 5.96 Å². The fourth-order valence-electron chi connectivity index (χ4n) is 2.53. The molecule has 0 spiro atoms. The first-order valence-corrected chi connectivity index (χ1v) is 7.37. The van der Waals surface area contributed by atoms with Crippen LogP contribution in [-0.4, -0.2) is 92.8 Å². The topological polar surface area (TPSA) is 57.3 Å². The molecule has 7 heteroatoms. The lowest BCUT2D eigenvalue weighted by atomic mass is 10.3. The highest BCUT2D eigenvalue weighted by Crippen LogP contribution is 2.01. The van der Waals surface area contributed by atoms with Gasteiger partial charge in [-0.3, -0.25) is 9.89 Å². The molecule has 0 radical (unpaired) electrons. The Bertz CT molecular complexity index is 288. The maximum atomic E-state index is 6.00. The lowest BCUT2D eigenvalue weighted by molar-refractivity contribution is 0.0673. The molecule has 2 aliphatic heterocycles. The molecule has 0 aliphatic carbocycles. The third kappa shape index (κ3) is 5.71. The molecule has 0 aromatic carbocycles. The molecule has 0 unspecified atom stereocenters. The Morgan fingerprint density at radius 1 is 1.05 bits per heavy atom. The number of ether oxygens (including phenoxy) is 1. The average Bonchev–Trinajstić information content (AvgIpc) is 2.49. The number of halogens is 1. The van der Waals surface area contributed by atoms with E-state index in [4.69, 9.17) is 10.5 Å². The highest BCUT2D eigenvalue weighted by molar-refractivity contribution is 14.0. The zero-order chi connectivity index (χ0) is 13.5. The fourth-order valence-corrected chi connectivity index (χ4v) is 2.53. The van der Waals surface area contributed by atoms with E-state index in [2.05, 4.69) is 26.6 Å². The summed E-state index contributed by atoms with van der Waals surface area (Å²) in [5.41, 5.74) is 6.00. The maximum absolute atomic E-state index is 6.00. The van der Waals surface area contributed by atoms with Crippen molar-refractivity contribution in [2.45, 2.75) is 6.92 Å². The third-order valence-electron chi connectivity index (χ3n) is 3.94. The van der Waals surface area contributed by atoms with Crippen molar-refractivity contribution in [2.75, 3.05) is 72.1 Å². The van der Waals surface area contributed by atoms with Gasteiger partial charge in [-0.2, -0.15) is 0 Å². The molecule has 2 saturated heterocycles. The average molecular weight is 397 g/mol. The molecule has 20 heavy (non-hydrogen) atoms. The first-order chi connectivity index (χ1) is 9.29. The van der Waals surface area contributed by atoms with Crippen LogP contribution in [0.1, 0.15) is 6.92 Å². The van der Waals surface area contributed by atoms with E-state index in [1.807, 2.05) is 0 Å². The van der Waals surface area contributed by atoms with Crippen molar-refractivity contribution < 1.29 is 4.74 Å². The van der Waals surface area contributed by atoms with E-state index in [1.54, 1.807) is 0 Å². The number of morpholine rings is 1. The van der Waals surface area contributed by atoms with Crippen LogP contribution in [0.3, 0.4) is 0 Å². The molecule has 0 aromatic rings. The molecule has 2 aliphatic rings. The van der Waals surface area contributed by atoms with Gasteiger partial charge in [0.2, 0.25) is 0 Å². The minimum atomic E-state index is 0. The second-order valence-electron chi connectivity index (χ2n) is 5.12. The van der Waals surface area contributed by atoms with Gasteiger partial charge in [-0.05, 0) is 6.54 Å². The summed E-state index contributed by atoms with van der Waals surface area (Å²) in [5.74, 6) is 0.676. The standard InChI is InChI=1S/C13H27N5O.HI/c1-2-16-5-7-17(8-6-16)4-3-15-13(14)18-9-11-19-12-10-18;/h2-12H2,1H3,(H2,14,15);1H. The quantitative estimate of drug-likeness (QED) is 0.408. The van der Waals surface area contributed by atoms with E-state index in [9.17, 15) is 0 Å². The number of likely N-dealkylation sites (N-methyl/N-ethyl adjacent to an activating group) is 1. The number of nitrogens with zero attached hydrogens (tertiary/aromatic N) is 4. The minimum absolute atomic E-state index is 0. The van der Waals surface area contributed by atoms with Crippen molar-refractivity contribution in [3.8, 4) is 0 Å². The van der Waals surface area contributed by atoms with E-state index in [0.717, 1.165) is 59.0 Å². The van der Waals surface area contributed by atoms with E-state index in [0.29, 0.717) is 5.96 Å². The second-order valence-corrected chi connectivity index (χ2v) is 5.12. The number of nitrogens with two attached hydrogens (primary N) is 1. The van der Waals surface area contributed by atoms with Gasteiger partial charge in [-0.1, -0.05) is 6.92 Å². The van der Waals surface area contributed by atoms with E-state index in [-0.39, 0.29) is 24.0 Å². The van der Waals surface area contributed by atoms with Crippen molar-refractivity contribution in [2.24, 2.45) is 10.7 Å². The van der Waals surface area contributed by atoms with Gasteiger partial charge in [-0.25, -0.2) is 0 Å². The van der Waals surface area contributed by atoms with Gasteiger partial charge < -0.3 is 20.3 Å². The summed E-state index contributed by atoms with van der Waals surface area (Å²) >= 11 is 0. The first kappa shape index (κ1) is 17.9. The summed E-state index contributed by atoms with van der Waals surface area (Å²) in [6.45, 7) is 13.1. The van der Waals surface area contributed by atoms with E-state index in [1.165, 1.54) is 13.1 Å². The Morgan fingerprint density at radius 3 is 2.25 bits per heavy atom. The van der Waals surface area contributed by atoms with Crippen LogP contribution < -0.4 is 5.73 Å². The fraction of sp³-hybridized carbons (Fsp3) is 0.923. The summed E-state index contributed by atoms with van der Waals surface area (Å²) in [4.78, 5) is 11.6. The summed E-state index contributed by atoms with van der Waals surface area (Å²) in [5, 5.41) is 0. The van der Waals surface area contributed by atoms with Crippen molar-refractivity contribution >= 4 is 29.9 Å². The Morgan fingerprint density at radius 2 is 1.65 bits per heavy atom. The van der Waals surface area contributed by atoms with E-state index < -0.39 is 0 Å². The van der Waals surface area contributed by atoms with Crippen LogP contribution in [0, 0.1) is 0 Å². The van der Waals surface area contributed by atoms with Crippen molar-refractivity contribution in [1.82, 2.24) is 14.7 Å². The summed E-state index contributed by atoms with van der Waals surface area (Å²) in [6.07, 6.45) is 0. The number of rotatable bonds is 4. The second kappa shape index (κ2) is 9.75. The summed E-state index contributed by atoms with van der Waals surface area (Å²) in [6, 6.07) is 0. The molecule has 0 bridgehead atoms. The van der Waals surface area contributed by atoms with Gasteiger partial charge >= 0.3 is 0 Å². The van der Waals surface area contributed by atoms with Crippen LogP contribution in [-0.2, 0) is 4.74 Å². The molecule has 0 atom stereocenters. The molecule has 0 saturated carbocycles. The monoisotopic (exact) mass is 397 g/mol. The third-order valence-corrected chi connectivity index (χ3v) is 3.94. The Hall–Kier alpha value is -0.120. The number of guanidine groups is 1. The Balaban J connectivity index is 0.00000200. The molecule has 0 amide bonds. The molecule has 2 fully saturated rings. The summed E-state index contributed by atoms with van der Waals surface area (Å²) in [7, 11) is 0. The zero-order valence-corrected chi connectivity index (χ0v) is 14.8. The predicted molar refractivity (Wildman–Crippen MR) is 92.9 cm³/mol. The van der Waals surface area contributed by atoms with Crippen LogP contribution in [0.15, 0.2) is 4.99 Å². The number of hydrogen-bond acceptors (Lipinski definition) is 4. The van der Waals surface area contributed by atoms with Gasteiger partial charge in [0.1, 0.15) is 0 Å². The molecular weight excluding hydrogens is 369 g/mol. The highest BCUT2D eigenvalue weighted by Gasteiger charge is 2.15. The first-order valence-electron chi connectivity index (χ1n) is 7.37. The van der Waals surface area contributed by atoms with Gasteiger partial charge in [0, 0.05) is 45.8 Å². The highest BCUT2D eigenvalue weighted by atomic mass is 127. The van der Waals surface area contributed by atoms with Gasteiger partial charge in [-0.15, -0.1) is 24.0 Å². The van der Waals surface area contributed by atoms with Crippen LogP contribution in [0.5, 0.6) is 0 Å². The van der Waals surface area contributed by atoms with Crippen molar-refractivity contribution in [3.05, 3.63) is 0 Å². The van der Waals surface area contributed by atoms with Crippen molar-refractivity contribution in [1.29, 1.82) is 0 Å². The molecule has 2 N–H and O–H groups in total. The van der Waals surface area contributed by atoms with Crippen LogP contribution >= 0.6 is 24.0 Å². The molecule has 2 heterocycles. The van der Waals surface area contributed by atoms with Gasteiger partial charge in [0.25, 0.3) is 0 Å². The number of hydrogen-bond donors (Lipinski definition) is 1. The number of aliphatic imine (C=N–C) groups is 1. The molecule has 6 nitrogen and oxygen atoms in total.